The lowest BCUT2D eigenvalue weighted by Gasteiger charge is -2.14. The molecule has 4 heteroatoms. The fourth-order valence-electron chi connectivity index (χ4n) is 1.51. The molecule has 1 rings (SSSR count). The van der Waals surface area contributed by atoms with E-state index in [0.29, 0.717) is 5.02 Å². The summed E-state index contributed by atoms with van der Waals surface area (Å²) in [5.41, 5.74) is 3.27. The normalized spacial score (nSPS) is 9.87. The van der Waals surface area contributed by atoms with Crippen LogP contribution >= 0.6 is 11.6 Å². The highest BCUT2D eigenvalue weighted by molar-refractivity contribution is 6.33. The maximum atomic E-state index is 10.1. The van der Waals surface area contributed by atoms with Crippen molar-refractivity contribution in [2.45, 2.75) is 27.3 Å². The maximum Gasteiger partial charge on any atom is 0.235 e. The third-order valence-electron chi connectivity index (χ3n) is 2.66. The highest BCUT2D eigenvalue weighted by Crippen LogP contribution is 2.35. The number of phenols is 1. The van der Waals surface area contributed by atoms with Gasteiger partial charge in [0, 0.05) is 0 Å². The highest BCUT2D eigenvalue weighted by Gasteiger charge is 2.14. The number of aliphatic imine (C=N–C) groups is 1. The van der Waals surface area contributed by atoms with Crippen LogP contribution in [-0.2, 0) is 11.3 Å². The molecule has 80 valence electrons. The number of carbonyl (C=O) groups excluding carboxylic acids is 1. The molecular formula is C11H12ClNO2. The number of nitrogens with zero attached hydrogens (tertiary/aromatic N) is 1. The Labute approximate surface area is 93.4 Å². The topological polar surface area (TPSA) is 49.7 Å². The Hall–Kier alpha value is -1.31. The molecule has 0 aliphatic carbocycles. The molecular weight excluding hydrogens is 214 g/mol. The van der Waals surface area contributed by atoms with Crippen LogP contribution in [0.1, 0.15) is 22.3 Å². The molecule has 0 saturated heterocycles. The Bertz CT molecular complexity index is 419. The van der Waals surface area contributed by atoms with Crippen molar-refractivity contribution < 1.29 is 9.90 Å². The van der Waals surface area contributed by atoms with Gasteiger partial charge < -0.3 is 5.11 Å². The molecule has 0 radical (unpaired) electrons. The van der Waals surface area contributed by atoms with Gasteiger partial charge in [0.05, 0.1) is 11.6 Å². The summed E-state index contributed by atoms with van der Waals surface area (Å²) in [5.74, 6) is 0.102. The number of hydrogen-bond donors (Lipinski definition) is 1. The molecule has 0 spiro atoms. The molecule has 0 fully saturated rings. The van der Waals surface area contributed by atoms with Crippen LogP contribution < -0.4 is 0 Å². The summed E-state index contributed by atoms with van der Waals surface area (Å²) >= 11 is 5.95. The Balaban J connectivity index is 3.44. The smallest absolute Gasteiger partial charge is 0.235 e. The first-order valence-electron chi connectivity index (χ1n) is 4.51. The molecule has 0 heterocycles. The molecule has 0 saturated carbocycles. The van der Waals surface area contributed by atoms with E-state index in [9.17, 15) is 9.90 Å². The molecule has 3 nitrogen and oxygen atoms in total. The van der Waals surface area contributed by atoms with Gasteiger partial charge in [-0.15, -0.1) is 0 Å². The van der Waals surface area contributed by atoms with Gasteiger partial charge in [0.2, 0.25) is 6.08 Å². The van der Waals surface area contributed by atoms with E-state index in [4.69, 9.17) is 11.6 Å². The lowest BCUT2D eigenvalue weighted by Crippen LogP contribution is -1.97. The van der Waals surface area contributed by atoms with Crippen LogP contribution in [0.3, 0.4) is 0 Å². The second kappa shape index (κ2) is 4.47. The van der Waals surface area contributed by atoms with Crippen molar-refractivity contribution in [3.63, 3.8) is 0 Å². The lowest BCUT2D eigenvalue weighted by atomic mass is 9.97. The van der Waals surface area contributed by atoms with Gasteiger partial charge in [-0.25, -0.2) is 9.79 Å². The second-order valence-corrected chi connectivity index (χ2v) is 3.80. The minimum atomic E-state index is 0.102. The van der Waals surface area contributed by atoms with Crippen molar-refractivity contribution in [1.29, 1.82) is 0 Å². The first kappa shape index (κ1) is 11.8. The van der Waals surface area contributed by atoms with E-state index in [0.717, 1.165) is 22.3 Å². The first-order valence-corrected chi connectivity index (χ1v) is 4.89. The number of halogens is 1. The van der Waals surface area contributed by atoms with Crippen LogP contribution in [0.4, 0.5) is 0 Å². The number of hydrogen-bond acceptors (Lipinski definition) is 3. The number of isocyanates is 1. The SMILES string of the molecule is Cc1c(C)c(CN=C=O)c(C)c(Cl)c1O. The van der Waals surface area contributed by atoms with Crippen LogP contribution in [0.25, 0.3) is 0 Å². The van der Waals surface area contributed by atoms with Gasteiger partial charge in [-0.05, 0) is 43.0 Å². The summed E-state index contributed by atoms with van der Waals surface area (Å²) in [7, 11) is 0. The van der Waals surface area contributed by atoms with Crippen molar-refractivity contribution in [3.05, 3.63) is 27.3 Å². The van der Waals surface area contributed by atoms with E-state index >= 15 is 0 Å². The average Bonchev–Trinajstić information content (AvgIpc) is 2.24. The zero-order valence-electron chi connectivity index (χ0n) is 8.89. The molecule has 0 aliphatic rings. The van der Waals surface area contributed by atoms with Crippen LogP contribution in [0.15, 0.2) is 4.99 Å². The van der Waals surface area contributed by atoms with E-state index in [1.54, 1.807) is 13.8 Å². The molecule has 0 amide bonds. The van der Waals surface area contributed by atoms with E-state index in [1.165, 1.54) is 6.08 Å². The van der Waals surface area contributed by atoms with Crippen LogP contribution in [0.5, 0.6) is 5.75 Å². The van der Waals surface area contributed by atoms with Crippen LogP contribution in [-0.4, -0.2) is 11.2 Å². The van der Waals surface area contributed by atoms with Gasteiger partial charge in [-0.2, -0.15) is 0 Å². The molecule has 0 aliphatic heterocycles. The van der Waals surface area contributed by atoms with Crippen molar-refractivity contribution in [3.8, 4) is 5.75 Å². The van der Waals surface area contributed by atoms with Gasteiger partial charge in [0.15, 0.2) is 0 Å². The zero-order valence-corrected chi connectivity index (χ0v) is 9.64. The van der Waals surface area contributed by atoms with Gasteiger partial charge in [-0.1, -0.05) is 11.6 Å². The number of rotatable bonds is 2. The van der Waals surface area contributed by atoms with E-state index in [1.807, 2.05) is 6.92 Å². The third-order valence-corrected chi connectivity index (χ3v) is 3.12. The molecule has 0 aromatic heterocycles. The summed E-state index contributed by atoms with van der Waals surface area (Å²) in [4.78, 5) is 13.6. The van der Waals surface area contributed by atoms with Gasteiger partial charge in [0.1, 0.15) is 5.75 Å². The predicted octanol–water partition coefficient (Wildman–Crippen LogP) is 2.81. The first-order chi connectivity index (χ1) is 7.00. The summed E-state index contributed by atoms with van der Waals surface area (Å²) < 4.78 is 0. The van der Waals surface area contributed by atoms with Crippen molar-refractivity contribution in [1.82, 2.24) is 0 Å². The predicted molar refractivity (Wildman–Crippen MR) is 59.2 cm³/mol. The zero-order chi connectivity index (χ0) is 11.6. The van der Waals surface area contributed by atoms with Crippen molar-refractivity contribution in [2.75, 3.05) is 0 Å². The second-order valence-electron chi connectivity index (χ2n) is 3.42. The average molecular weight is 226 g/mol. The molecule has 1 aromatic rings. The maximum absolute atomic E-state index is 10.1. The van der Waals surface area contributed by atoms with Crippen molar-refractivity contribution in [2.24, 2.45) is 4.99 Å². The molecule has 0 atom stereocenters. The van der Waals surface area contributed by atoms with E-state index < -0.39 is 0 Å². The van der Waals surface area contributed by atoms with E-state index in [-0.39, 0.29) is 12.3 Å². The number of benzene rings is 1. The Morgan fingerprint density at radius 2 is 1.87 bits per heavy atom. The summed E-state index contributed by atoms with van der Waals surface area (Å²) in [5, 5.41) is 10.0. The number of phenolic OH excluding ortho intramolecular Hbond substituents is 1. The Morgan fingerprint density at radius 1 is 1.27 bits per heavy atom. The monoisotopic (exact) mass is 225 g/mol. The lowest BCUT2D eigenvalue weighted by molar-refractivity contribution is 0.470. The Kier molecular flexibility index (Phi) is 3.51. The quantitative estimate of drug-likeness (QED) is 0.622. The number of aromatic hydroxyl groups is 1. The molecule has 0 bridgehead atoms. The summed E-state index contributed by atoms with van der Waals surface area (Å²) in [6, 6.07) is 0. The molecule has 0 unspecified atom stereocenters. The van der Waals surface area contributed by atoms with Crippen LogP contribution in [0, 0.1) is 20.8 Å². The molecule has 1 N–H and O–H groups in total. The molecule has 15 heavy (non-hydrogen) atoms. The van der Waals surface area contributed by atoms with Crippen molar-refractivity contribution >= 4 is 17.7 Å². The fourth-order valence-corrected chi connectivity index (χ4v) is 1.76. The van der Waals surface area contributed by atoms with Gasteiger partial charge >= 0.3 is 0 Å². The standard InChI is InChI=1S/C11H12ClNO2/c1-6-7(2)11(15)10(12)8(3)9(6)4-13-5-14/h15H,4H2,1-3H3. The minimum Gasteiger partial charge on any atom is -0.506 e. The largest absolute Gasteiger partial charge is 0.506 e. The third kappa shape index (κ3) is 2.04. The van der Waals surface area contributed by atoms with Gasteiger partial charge in [-0.3, -0.25) is 0 Å². The van der Waals surface area contributed by atoms with Crippen LogP contribution in [0.2, 0.25) is 5.02 Å². The fraction of sp³-hybridized carbons (Fsp3) is 0.364. The van der Waals surface area contributed by atoms with E-state index in [2.05, 4.69) is 4.99 Å². The summed E-state index contributed by atoms with van der Waals surface area (Å²) in [6.45, 7) is 5.70. The Morgan fingerprint density at radius 3 is 2.40 bits per heavy atom. The highest BCUT2D eigenvalue weighted by atomic mass is 35.5. The molecule has 1 aromatic carbocycles. The minimum absolute atomic E-state index is 0.102. The van der Waals surface area contributed by atoms with Gasteiger partial charge in [0.25, 0.3) is 0 Å². The summed E-state index contributed by atoms with van der Waals surface area (Å²) in [6.07, 6.45) is 1.49.